The van der Waals surface area contributed by atoms with Crippen molar-refractivity contribution in [2.45, 2.75) is 97.3 Å². The van der Waals surface area contributed by atoms with Crippen LogP contribution in [-0.4, -0.2) is 6.61 Å². The Morgan fingerprint density at radius 2 is 1.11 bits per heavy atom. The van der Waals surface area contributed by atoms with Crippen LogP contribution in [0.25, 0.3) is 0 Å². The van der Waals surface area contributed by atoms with Crippen molar-refractivity contribution >= 4 is 0 Å². The summed E-state index contributed by atoms with van der Waals surface area (Å²) in [5, 5.41) is 0. The van der Waals surface area contributed by atoms with Gasteiger partial charge in [0.1, 0.15) is 0 Å². The molecule has 0 aliphatic carbocycles. The van der Waals surface area contributed by atoms with Crippen molar-refractivity contribution in [3.8, 4) is 0 Å². The van der Waals surface area contributed by atoms with Gasteiger partial charge in [-0.3, -0.25) is 0 Å². The summed E-state index contributed by atoms with van der Waals surface area (Å²) in [6.07, 6.45) is 17.8. The molecule has 0 amide bonds. The molecule has 0 unspecified atom stereocenters. The largest absolute Gasteiger partial charge is 0.376 e. The molecule has 0 saturated carbocycles. The molecule has 109 valence electrons. The molecule has 0 rings (SSSR count). The van der Waals surface area contributed by atoms with Gasteiger partial charge in [0.15, 0.2) is 0 Å². The molecule has 0 fully saturated rings. The van der Waals surface area contributed by atoms with Crippen LogP contribution in [0.3, 0.4) is 0 Å². The molecule has 1 nitrogen and oxygen atoms in total. The van der Waals surface area contributed by atoms with E-state index in [0.717, 1.165) is 19.4 Å². The van der Waals surface area contributed by atoms with Gasteiger partial charge in [0, 0.05) is 6.61 Å². The average Bonchev–Trinajstić information content (AvgIpc) is 2.39. The summed E-state index contributed by atoms with van der Waals surface area (Å²) in [7, 11) is 0. The van der Waals surface area contributed by atoms with Crippen LogP contribution in [0.2, 0.25) is 0 Å². The quantitative estimate of drug-likeness (QED) is 0.313. The summed E-state index contributed by atoms with van der Waals surface area (Å²) < 4.78 is 5.35. The summed E-state index contributed by atoms with van der Waals surface area (Å²) in [5.41, 5.74) is 0. The lowest BCUT2D eigenvalue weighted by atomic mass is 10.1. The number of rotatable bonds is 15. The van der Waals surface area contributed by atoms with E-state index in [-0.39, 0.29) is 0 Å². The third kappa shape index (κ3) is 16.0. The fourth-order valence-electron chi connectivity index (χ4n) is 2.18. The molecule has 0 spiro atoms. The molecule has 0 bridgehead atoms. The first-order valence-electron chi connectivity index (χ1n) is 8.35. The van der Waals surface area contributed by atoms with Crippen LogP contribution in [0.5, 0.6) is 0 Å². The minimum atomic E-state index is 0.887. The summed E-state index contributed by atoms with van der Waals surface area (Å²) in [6, 6.07) is 0. The summed E-state index contributed by atoms with van der Waals surface area (Å²) >= 11 is 0. The van der Waals surface area contributed by atoms with E-state index < -0.39 is 0 Å². The number of ether oxygens (including phenoxy) is 1. The van der Waals surface area contributed by atoms with Gasteiger partial charge in [-0.1, -0.05) is 84.5 Å². The van der Waals surface area contributed by atoms with Crippen molar-refractivity contribution < 1.29 is 4.74 Å². The SMILES string of the molecule is CCCCCCCCCCCCC[CH]OCCC. The Labute approximate surface area is 116 Å². The predicted molar refractivity (Wildman–Crippen MR) is 81.6 cm³/mol. The Bertz CT molecular complexity index is 118. The van der Waals surface area contributed by atoms with E-state index in [0.29, 0.717) is 0 Å². The minimum Gasteiger partial charge on any atom is -0.376 e. The monoisotopic (exact) mass is 255 g/mol. The Kier molecular flexibility index (Phi) is 16.9. The highest BCUT2D eigenvalue weighted by atomic mass is 16.5. The number of unbranched alkanes of at least 4 members (excludes halogenated alkanes) is 11. The highest BCUT2D eigenvalue weighted by Crippen LogP contribution is 2.12. The molecule has 0 aromatic carbocycles. The average molecular weight is 255 g/mol. The molecule has 0 N–H and O–H groups in total. The smallest absolute Gasteiger partial charge is 0.0836 e. The normalized spacial score (nSPS) is 11.0. The maximum Gasteiger partial charge on any atom is 0.0836 e. The minimum absolute atomic E-state index is 0.887. The lowest BCUT2D eigenvalue weighted by Crippen LogP contribution is -1.89. The maximum atomic E-state index is 5.35. The molecule has 0 heterocycles. The zero-order chi connectivity index (χ0) is 13.3. The summed E-state index contributed by atoms with van der Waals surface area (Å²) in [6.45, 7) is 7.32. The van der Waals surface area contributed by atoms with Gasteiger partial charge in [0.05, 0.1) is 6.61 Å². The fraction of sp³-hybridized carbons (Fsp3) is 0.941. The van der Waals surface area contributed by atoms with Gasteiger partial charge in [0.25, 0.3) is 0 Å². The van der Waals surface area contributed by atoms with Gasteiger partial charge >= 0.3 is 0 Å². The van der Waals surface area contributed by atoms with Crippen LogP contribution in [-0.2, 0) is 4.74 Å². The molecular weight excluding hydrogens is 220 g/mol. The van der Waals surface area contributed by atoms with E-state index in [1.54, 1.807) is 0 Å². The van der Waals surface area contributed by atoms with Crippen molar-refractivity contribution in [3.05, 3.63) is 6.61 Å². The topological polar surface area (TPSA) is 9.23 Å². The molecule has 0 aliphatic rings. The zero-order valence-corrected chi connectivity index (χ0v) is 12.9. The summed E-state index contributed by atoms with van der Waals surface area (Å²) in [5.74, 6) is 0. The Morgan fingerprint density at radius 1 is 0.611 bits per heavy atom. The zero-order valence-electron chi connectivity index (χ0n) is 12.9. The van der Waals surface area contributed by atoms with Gasteiger partial charge in [-0.2, -0.15) is 0 Å². The number of hydrogen-bond donors (Lipinski definition) is 0. The van der Waals surface area contributed by atoms with E-state index in [1.165, 1.54) is 70.6 Å². The predicted octanol–water partition coefficient (Wildman–Crippen LogP) is 6.28. The fourth-order valence-corrected chi connectivity index (χ4v) is 2.18. The van der Waals surface area contributed by atoms with E-state index in [2.05, 4.69) is 13.8 Å². The molecule has 18 heavy (non-hydrogen) atoms. The van der Waals surface area contributed by atoms with Crippen LogP contribution in [0.4, 0.5) is 0 Å². The maximum absolute atomic E-state index is 5.35. The van der Waals surface area contributed by atoms with Crippen LogP contribution in [0.15, 0.2) is 0 Å². The van der Waals surface area contributed by atoms with Crippen LogP contribution in [0, 0.1) is 6.61 Å². The lowest BCUT2D eigenvalue weighted by molar-refractivity contribution is 0.190. The second-order valence-corrected chi connectivity index (χ2v) is 5.36. The molecule has 0 aromatic heterocycles. The molecule has 1 radical (unpaired) electrons. The van der Waals surface area contributed by atoms with Crippen LogP contribution in [0.1, 0.15) is 97.3 Å². The molecule has 0 aromatic rings. The van der Waals surface area contributed by atoms with E-state index in [9.17, 15) is 0 Å². The third-order valence-corrected chi connectivity index (χ3v) is 3.37. The number of hydrogen-bond acceptors (Lipinski definition) is 1. The molecule has 0 atom stereocenters. The Morgan fingerprint density at radius 3 is 1.61 bits per heavy atom. The van der Waals surface area contributed by atoms with Crippen LogP contribution >= 0.6 is 0 Å². The summed E-state index contributed by atoms with van der Waals surface area (Å²) in [4.78, 5) is 0. The molecule has 0 saturated heterocycles. The first-order valence-corrected chi connectivity index (χ1v) is 8.35. The van der Waals surface area contributed by atoms with Crippen molar-refractivity contribution in [1.82, 2.24) is 0 Å². The molecule has 1 heteroatoms. The first kappa shape index (κ1) is 18.0. The van der Waals surface area contributed by atoms with E-state index in [4.69, 9.17) is 4.74 Å². The second kappa shape index (κ2) is 17.0. The van der Waals surface area contributed by atoms with Crippen molar-refractivity contribution in [2.24, 2.45) is 0 Å². The van der Waals surface area contributed by atoms with Gasteiger partial charge in [-0.05, 0) is 12.8 Å². The highest BCUT2D eigenvalue weighted by Gasteiger charge is 1.93. The Balaban J connectivity index is 2.86. The van der Waals surface area contributed by atoms with Crippen LogP contribution < -0.4 is 0 Å². The van der Waals surface area contributed by atoms with E-state index >= 15 is 0 Å². The van der Waals surface area contributed by atoms with Crippen molar-refractivity contribution in [1.29, 1.82) is 0 Å². The van der Waals surface area contributed by atoms with Gasteiger partial charge in [-0.15, -0.1) is 0 Å². The molecular formula is C17H35O. The second-order valence-electron chi connectivity index (χ2n) is 5.36. The lowest BCUT2D eigenvalue weighted by Gasteiger charge is -2.03. The van der Waals surface area contributed by atoms with Gasteiger partial charge < -0.3 is 4.74 Å². The van der Waals surface area contributed by atoms with Crippen molar-refractivity contribution in [2.75, 3.05) is 6.61 Å². The van der Waals surface area contributed by atoms with Gasteiger partial charge in [-0.25, -0.2) is 0 Å². The third-order valence-electron chi connectivity index (χ3n) is 3.37. The molecule has 0 aliphatic heterocycles. The van der Waals surface area contributed by atoms with E-state index in [1.807, 2.05) is 6.61 Å². The highest BCUT2D eigenvalue weighted by molar-refractivity contribution is 4.53. The first-order chi connectivity index (χ1) is 8.91. The standard InChI is InChI=1S/C17H35O/c1-3-5-6-7-8-9-10-11-12-13-14-15-17-18-16-4-2/h17H,3-16H2,1-2H3. The van der Waals surface area contributed by atoms with Crippen molar-refractivity contribution in [3.63, 3.8) is 0 Å². The Hall–Kier alpha value is -0.0400. The van der Waals surface area contributed by atoms with Gasteiger partial charge in [0.2, 0.25) is 0 Å².